The molecule has 3 rings (SSSR count). The van der Waals surface area contributed by atoms with Gasteiger partial charge in [-0.05, 0) is 69.6 Å². The Morgan fingerprint density at radius 2 is 1.54 bits per heavy atom. The van der Waals surface area contributed by atoms with Gasteiger partial charge < -0.3 is 26.0 Å². The molecular formula is C26H44N4O5. The van der Waals surface area contributed by atoms with E-state index in [1.807, 2.05) is 6.92 Å². The van der Waals surface area contributed by atoms with Gasteiger partial charge in [-0.3, -0.25) is 14.4 Å². The quantitative estimate of drug-likeness (QED) is 0.393. The lowest BCUT2D eigenvalue weighted by molar-refractivity contribution is -0.140. The fraction of sp³-hybridized carbons (Fsp3) is 0.846. The van der Waals surface area contributed by atoms with Crippen molar-refractivity contribution in [2.24, 2.45) is 11.8 Å². The first-order valence-corrected chi connectivity index (χ1v) is 13.6. The number of carbonyl (C=O) groups is 4. The predicted octanol–water partition coefficient (Wildman–Crippen LogP) is 3.17. The minimum Gasteiger partial charge on any atom is -0.481 e. The number of likely N-dealkylation sites (tertiary alicyclic amines) is 1. The van der Waals surface area contributed by atoms with Gasteiger partial charge in [0.15, 0.2) is 0 Å². The molecule has 3 fully saturated rings. The molecule has 3 aliphatic rings. The highest BCUT2D eigenvalue weighted by Crippen LogP contribution is 2.25. The van der Waals surface area contributed by atoms with Crippen molar-refractivity contribution in [1.29, 1.82) is 0 Å². The number of rotatable bonds is 9. The molecule has 35 heavy (non-hydrogen) atoms. The second-order valence-corrected chi connectivity index (χ2v) is 11.0. The van der Waals surface area contributed by atoms with Crippen molar-refractivity contribution in [3.63, 3.8) is 0 Å². The van der Waals surface area contributed by atoms with Crippen LogP contribution in [0, 0.1) is 11.8 Å². The van der Waals surface area contributed by atoms with Gasteiger partial charge in [0, 0.05) is 37.5 Å². The van der Waals surface area contributed by atoms with E-state index in [1.165, 1.54) is 19.3 Å². The predicted molar refractivity (Wildman–Crippen MR) is 133 cm³/mol. The minimum absolute atomic E-state index is 0.0239. The number of hydrogen-bond acceptors (Lipinski definition) is 4. The van der Waals surface area contributed by atoms with Crippen LogP contribution in [0.3, 0.4) is 0 Å². The molecule has 0 bridgehead atoms. The van der Waals surface area contributed by atoms with Crippen LogP contribution in [0.5, 0.6) is 0 Å². The van der Waals surface area contributed by atoms with Gasteiger partial charge in [0.05, 0.1) is 0 Å². The smallest absolute Gasteiger partial charge is 0.315 e. The van der Waals surface area contributed by atoms with Crippen LogP contribution < -0.4 is 16.0 Å². The normalized spacial score (nSPS) is 29.8. The zero-order chi connectivity index (χ0) is 25.4. The van der Waals surface area contributed by atoms with Crippen LogP contribution in [-0.2, 0) is 14.4 Å². The number of amides is 4. The van der Waals surface area contributed by atoms with Crippen molar-refractivity contribution in [2.45, 2.75) is 121 Å². The van der Waals surface area contributed by atoms with E-state index in [-0.39, 0.29) is 54.7 Å². The van der Waals surface area contributed by atoms with Crippen molar-refractivity contribution in [3.8, 4) is 0 Å². The second-order valence-electron chi connectivity index (χ2n) is 11.0. The van der Waals surface area contributed by atoms with Gasteiger partial charge in [0.2, 0.25) is 11.8 Å². The van der Waals surface area contributed by atoms with Gasteiger partial charge in [0.25, 0.3) is 0 Å². The van der Waals surface area contributed by atoms with E-state index < -0.39 is 12.0 Å². The van der Waals surface area contributed by atoms with Crippen molar-refractivity contribution in [1.82, 2.24) is 20.9 Å². The molecule has 4 amide bonds. The number of hydrogen-bond donors (Lipinski definition) is 4. The number of urea groups is 1. The first kappa shape index (κ1) is 27.3. The Morgan fingerprint density at radius 3 is 2.20 bits per heavy atom. The van der Waals surface area contributed by atoms with Crippen LogP contribution in [0.25, 0.3) is 0 Å². The molecule has 0 aromatic carbocycles. The number of nitrogens with zero attached hydrogens (tertiary/aromatic N) is 1. The SMILES string of the molecule is CC(CCC(=O)O)CC(=O)N1CCC[C@H]1C(=O)NC1CCC(NC(=O)NC2CCCCC2C)CC1. The summed E-state index contributed by atoms with van der Waals surface area (Å²) in [5.74, 6) is -0.507. The lowest BCUT2D eigenvalue weighted by atomic mass is 9.86. The van der Waals surface area contributed by atoms with Gasteiger partial charge >= 0.3 is 12.0 Å². The van der Waals surface area contributed by atoms with Gasteiger partial charge in [-0.1, -0.05) is 26.7 Å². The Kier molecular flexibility index (Phi) is 10.2. The van der Waals surface area contributed by atoms with E-state index in [1.54, 1.807) is 4.90 Å². The fourth-order valence-corrected chi connectivity index (χ4v) is 5.83. The third-order valence-electron chi connectivity index (χ3n) is 8.09. The highest BCUT2D eigenvalue weighted by atomic mass is 16.4. The molecule has 1 heterocycles. The molecule has 1 aliphatic heterocycles. The van der Waals surface area contributed by atoms with E-state index in [2.05, 4.69) is 22.9 Å². The van der Waals surface area contributed by atoms with Gasteiger partial charge in [0.1, 0.15) is 6.04 Å². The Bertz CT molecular complexity index is 752. The van der Waals surface area contributed by atoms with Gasteiger partial charge in [-0.2, -0.15) is 0 Å². The fourth-order valence-electron chi connectivity index (χ4n) is 5.83. The van der Waals surface area contributed by atoms with Crippen LogP contribution >= 0.6 is 0 Å². The zero-order valence-corrected chi connectivity index (χ0v) is 21.4. The number of carboxylic acid groups (broad SMARTS) is 1. The molecule has 2 saturated carbocycles. The summed E-state index contributed by atoms with van der Waals surface area (Å²) in [6.07, 6.45) is 10.2. The summed E-state index contributed by atoms with van der Waals surface area (Å²) >= 11 is 0. The van der Waals surface area contributed by atoms with E-state index in [0.717, 1.165) is 38.5 Å². The van der Waals surface area contributed by atoms with Crippen LogP contribution in [0.1, 0.15) is 97.3 Å². The Morgan fingerprint density at radius 1 is 0.886 bits per heavy atom. The molecule has 4 N–H and O–H groups in total. The zero-order valence-electron chi connectivity index (χ0n) is 21.4. The summed E-state index contributed by atoms with van der Waals surface area (Å²) < 4.78 is 0. The van der Waals surface area contributed by atoms with Crippen molar-refractivity contribution < 1.29 is 24.3 Å². The number of nitrogens with one attached hydrogen (secondary N) is 3. The van der Waals surface area contributed by atoms with E-state index in [9.17, 15) is 19.2 Å². The summed E-state index contributed by atoms with van der Waals surface area (Å²) in [4.78, 5) is 50.6. The van der Waals surface area contributed by atoms with Crippen LogP contribution in [-0.4, -0.2) is 64.5 Å². The summed E-state index contributed by atoms with van der Waals surface area (Å²) in [7, 11) is 0. The first-order valence-electron chi connectivity index (χ1n) is 13.6. The standard InChI is InChI=1S/C26H44N4O5/c1-17(9-14-24(32)33)16-23(31)30-15-5-8-22(30)25(34)27-19-10-12-20(13-11-19)28-26(35)29-21-7-4-3-6-18(21)2/h17-22H,3-16H2,1-2H3,(H,27,34)(H,32,33)(H2,28,29,35)/t17?,18?,19?,20?,21?,22-/m0/s1. The van der Waals surface area contributed by atoms with E-state index in [4.69, 9.17) is 5.11 Å². The molecule has 9 heteroatoms. The monoisotopic (exact) mass is 492 g/mol. The number of carboxylic acids is 1. The lowest BCUT2D eigenvalue weighted by Crippen LogP contribution is -2.52. The van der Waals surface area contributed by atoms with E-state index >= 15 is 0 Å². The Labute approximate surface area is 209 Å². The topological polar surface area (TPSA) is 128 Å². The van der Waals surface area contributed by atoms with E-state index in [0.29, 0.717) is 25.3 Å². The van der Waals surface area contributed by atoms with Crippen molar-refractivity contribution in [2.75, 3.05) is 6.54 Å². The summed E-state index contributed by atoms with van der Waals surface area (Å²) in [5, 5.41) is 18.3. The maximum Gasteiger partial charge on any atom is 0.315 e. The molecule has 9 nitrogen and oxygen atoms in total. The molecule has 198 valence electrons. The van der Waals surface area contributed by atoms with Gasteiger partial charge in [-0.15, -0.1) is 0 Å². The highest BCUT2D eigenvalue weighted by Gasteiger charge is 2.36. The largest absolute Gasteiger partial charge is 0.481 e. The van der Waals surface area contributed by atoms with Crippen molar-refractivity contribution >= 4 is 23.8 Å². The summed E-state index contributed by atoms with van der Waals surface area (Å²) in [6, 6.07) is -0.0632. The molecule has 4 atom stereocenters. The lowest BCUT2D eigenvalue weighted by Gasteiger charge is -2.33. The molecule has 0 aromatic rings. The summed E-state index contributed by atoms with van der Waals surface area (Å²) in [6.45, 7) is 4.67. The maximum atomic E-state index is 13.0. The third-order valence-corrected chi connectivity index (χ3v) is 8.09. The highest BCUT2D eigenvalue weighted by molar-refractivity contribution is 5.88. The summed E-state index contributed by atoms with van der Waals surface area (Å²) in [5.41, 5.74) is 0. The third kappa shape index (κ3) is 8.39. The molecular weight excluding hydrogens is 448 g/mol. The van der Waals surface area contributed by atoms with Gasteiger partial charge in [-0.25, -0.2) is 4.79 Å². The molecule has 3 unspecified atom stereocenters. The average molecular weight is 493 g/mol. The van der Waals surface area contributed by atoms with Crippen molar-refractivity contribution in [3.05, 3.63) is 0 Å². The molecule has 0 aromatic heterocycles. The van der Waals surface area contributed by atoms with Crippen LogP contribution in [0.4, 0.5) is 4.79 Å². The van der Waals surface area contributed by atoms with Crippen LogP contribution in [0.2, 0.25) is 0 Å². The number of carbonyl (C=O) groups excluding carboxylic acids is 3. The number of aliphatic carboxylic acids is 1. The molecule has 0 radical (unpaired) electrons. The second kappa shape index (κ2) is 13.1. The minimum atomic E-state index is -0.855. The average Bonchev–Trinajstić information content (AvgIpc) is 3.31. The molecule has 0 spiro atoms. The Hall–Kier alpha value is -2.32. The maximum absolute atomic E-state index is 13.0. The molecule has 2 aliphatic carbocycles. The first-order chi connectivity index (χ1) is 16.7. The van der Waals surface area contributed by atoms with Crippen LogP contribution in [0.15, 0.2) is 0 Å². The Balaban J connectivity index is 1.38. The molecule has 1 saturated heterocycles.